The molecule has 0 spiro atoms. The van der Waals surface area contributed by atoms with Crippen LogP contribution >= 0.6 is 0 Å². The first-order valence-electron chi connectivity index (χ1n) is 7.58. The van der Waals surface area contributed by atoms with Gasteiger partial charge in [-0.2, -0.15) is 0 Å². The summed E-state index contributed by atoms with van der Waals surface area (Å²) in [6.07, 6.45) is 7.98. The van der Waals surface area contributed by atoms with Gasteiger partial charge in [-0.1, -0.05) is 20.3 Å². The molecule has 1 atom stereocenters. The zero-order chi connectivity index (χ0) is 13.0. The Balaban J connectivity index is 1.81. The van der Waals surface area contributed by atoms with Gasteiger partial charge >= 0.3 is 0 Å². The largest absolute Gasteiger partial charge is 0.343 e. The van der Waals surface area contributed by atoms with Crippen LogP contribution in [-0.2, 0) is 4.79 Å². The smallest absolute Gasteiger partial charge is 0.224 e. The Bertz CT molecular complexity index is 282. The normalized spacial score (nSPS) is 28.8. The van der Waals surface area contributed by atoms with Crippen molar-refractivity contribution in [3.05, 3.63) is 0 Å². The Hall–Kier alpha value is -0.570. The Labute approximate surface area is 111 Å². The third-order valence-corrected chi connectivity index (χ3v) is 4.53. The van der Waals surface area contributed by atoms with Crippen LogP contribution in [0.3, 0.4) is 0 Å². The lowest BCUT2D eigenvalue weighted by molar-refractivity contribution is -0.131. The molecule has 2 heterocycles. The number of rotatable bonds is 2. The van der Waals surface area contributed by atoms with Crippen LogP contribution in [0.4, 0.5) is 0 Å². The monoisotopic (exact) mass is 252 g/mol. The minimum absolute atomic E-state index is 0.368. The lowest BCUT2D eigenvalue weighted by Gasteiger charge is -2.27. The highest BCUT2D eigenvalue weighted by atomic mass is 16.2. The molecule has 0 aromatic carbocycles. The van der Waals surface area contributed by atoms with E-state index in [4.69, 9.17) is 0 Å². The molecule has 0 radical (unpaired) electrons. The number of nitrogens with one attached hydrogen (secondary N) is 1. The van der Waals surface area contributed by atoms with Crippen LogP contribution in [0.2, 0.25) is 0 Å². The number of nitrogens with zero attached hydrogens (tertiary/aromatic N) is 1. The van der Waals surface area contributed by atoms with E-state index in [1.165, 1.54) is 25.7 Å². The van der Waals surface area contributed by atoms with Gasteiger partial charge in [0.15, 0.2) is 0 Å². The number of amides is 1. The number of carbonyl (C=O) groups excluding carboxylic acids is 1. The highest BCUT2D eigenvalue weighted by Crippen LogP contribution is 2.30. The van der Waals surface area contributed by atoms with Gasteiger partial charge in [-0.25, -0.2) is 0 Å². The van der Waals surface area contributed by atoms with E-state index in [-0.39, 0.29) is 0 Å². The minimum atomic E-state index is 0.368. The molecule has 0 aromatic rings. The van der Waals surface area contributed by atoms with Gasteiger partial charge in [-0.15, -0.1) is 0 Å². The third-order valence-electron chi connectivity index (χ3n) is 4.53. The average molecular weight is 252 g/mol. The first-order chi connectivity index (χ1) is 8.57. The second-order valence-electron chi connectivity index (χ2n) is 6.75. The van der Waals surface area contributed by atoms with E-state index in [9.17, 15) is 4.79 Å². The SMILES string of the molecule is CC1(C)CCCN(C(=O)CC2CCCCN2)CC1. The summed E-state index contributed by atoms with van der Waals surface area (Å²) in [7, 11) is 0. The van der Waals surface area contributed by atoms with Gasteiger partial charge in [0.2, 0.25) is 5.91 Å². The van der Waals surface area contributed by atoms with Crippen LogP contribution in [-0.4, -0.2) is 36.5 Å². The van der Waals surface area contributed by atoms with Gasteiger partial charge in [0.25, 0.3) is 0 Å². The maximum atomic E-state index is 12.3. The first-order valence-corrected chi connectivity index (χ1v) is 7.58. The van der Waals surface area contributed by atoms with E-state index in [1.54, 1.807) is 0 Å². The Morgan fingerprint density at radius 3 is 2.78 bits per heavy atom. The van der Waals surface area contributed by atoms with Crippen molar-refractivity contribution in [1.29, 1.82) is 0 Å². The van der Waals surface area contributed by atoms with Crippen molar-refractivity contribution in [1.82, 2.24) is 10.2 Å². The summed E-state index contributed by atoms with van der Waals surface area (Å²) in [4.78, 5) is 14.4. The molecule has 1 unspecified atom stereocenters. The molecule has 0 aromatic heterocycles. The Morgan fingerprint density at radius 1 is 1.22 bits per heavy atom. The number of piperidine rings is 1. The Kier molecular flexibility index (Phi) is 4.66. The summed E-state index contributed by atoms with van der Waals surface area (Å²) in [6, 6.07) is 0.433. The molecule has 0 aliphatic carbocycles. The Morgan fingerprint density at radius 2 is 2.06 bits per heavy atom. The van der Waals surface area contributed by atoms with Gasteiger partial charge < -0.3 is 10.2 Å². The summed E-state index contributed by atoms with van der Waals surface area (Å²) in [5, 5.41) is 3.47. The maximum absolute atomic E-state index is 12.3. The van der Waals surface area contributed by atoms with Crippen LogP contribution in [0.1, 0.15) is 58.8 Å². The molecular formula is C15H28N2O. The summed E-state index contributed by atoms with van der Waals surface area (Å²) < 4.78 is 0. The van der Waals surface area contributed by atoms with Crippen molar-refractivity contribution in [3.63, 3.8) is 0 Å². The molecule has 18 heavy (non-hydrogen) atoms. The second-order valence-corrected chi connectivity index (χ2v) is 6.75. The minimum Gasteiger partial charge on any atom is -0.343 e. The van der Waals surface area contributed by atoms with Crippen LogP contribution in [0, 0.1) is 5.41 Å². The van der Waals surface area contributed by atoms with Crippen LogP contribution in [0.5, 0.6) is 0 Å². The fraction of sp³-hybridized carbons (Fsp3) is 0.933. The van der Waals surface area contributed by atoms with Crippen molar-refractivity contribution >= 4 is 5.91 Å². The van der Waals surface area contributed by atoms with Crippen molar-refractivity contribution in [2.75, 3.05) is 19.6 Å². The topological polar surface area (TPSA) is 32.3 Å². The molecule has 104 valence electrons. The summed E-state index contributed by atoms with van der Waals surface area (Å²) >= 11 is 0. The van der Waals surface area contributed by atoms with Crippen LogP contribution < -0.4 is 5.32 Å². The van der Waals surface area contributed by atoms with E-state index in [2.05, 4.69) is 24.1 Å². The fourth-order valence-electron chi connectivity index (χ4n) is 3.11. The zero-order valence-corrected chi connectivity index (χ0v) is 12.0. The van der Waals surface area contributed by atoms with E-state index in [0.29, 0.717) is 23.8 Å². The number of hydrogen-bond acceptors (Lipinski definition) is 2. The number of hydrogen-bond donors (Lipinski definition) is 1. The van der Waals surface area contributed by atoms with Crippen molar-refractivity contribution < 1.29 is 4.79 Å². The molecule has 2 saturated heterocycles. The van der Waals surface area contributed by atoms with E-state index >= 15 is 0 Å². The summed E-state index contributed by atoms with van der Waals surface area (Å²) in [5.41, 5.74) is 0.415. The fourth-order valence-corrected chi connectivity index (χ4v) is 3.11. The molecule has 1 N–H and O–H groups in total. The average Bonchev–Trinajstić information content (AvgIpc) is 2.51. The van der Waals surface area contributed by atoms with Crippen LogP contribution in [0.15, 0.2) is 0 Å². The lowest BCUT2D eigenvalue weighted by atomic mass is 9.85. The molecule has 2 aliphatic heterocycles. The second kappa shape index (κ2) is 6.05. The van der Waals surface area contributed by atoms with Gasteiger partial charge in [-0.05, 0) is 44.1 Å². The van der Waals surface area contributed by atoms with E-state index in [1.807, 2.05) is 0 Å². The summed E-state index contributed by atoms with van der Waals surface area (Å²) in [6.45, 7) is 7.66. The third kappa shape index (κ3) is 3.98. The van der Waals surface area contributed by atoms with E-state index < -0.39 is 0 Å². The first kappa shape index (κ1) is 13.9. The molecule has 2 fully saturated rings. The number of likely N-dealkylation sites (tertiary alicyclic amines) is 1. The molecule has 3 heteroatoms. The van der Waals surface area contributed by atoms with Crippen molar-refractivity contribution in [2.24, 2.45) is 5.41 Å². The summed E-state index contributed by atoms with van der Waals surface area (Å²) in [5.74, 6) is 0.368. The molecule has 0 saturated carbocycles. The van der Waals surface area contributed by atoms with Crippen molar-refractivity contribution in [2.45, 2.75) is 64.8 Å². The molecule has 1 amide bonds. The van der Waals surface area contributed by atoms with Gasteiger partial charge in [0.05, 0.1) is 0 Å². The molecule has 2 aliphatic rings. The maximum Gasteiger partial charge on any atom is 0.224 e. The van der Waals surface area contributed by atoms with Gasteiger partial charge in [-0.3, -0.25) is 4.79 Å². The molecule has 2 rings (SSSR count). The van der Waals surface area contributed by atoms with Crippen molar-refractivity contribution in [3.8, 4) is 0 Å². The van der Waals surface area contributed by atoms with E-state index in [0.717, 1.165) is 32.5 Å². The predicted molar refractivity (Wildman–Crippen MR) is 74.5 cm³/mol. The highest BCUT2D eigenvalue weighted by molar-refractivity contribution is 5.76. The molecular weight excluding hydrogens is 224 g/mol. The van der Waals surface area contributed by atoms with Crippen LogP contribution in [0.25, 0.3) is 0 Å². The zero-order valence-electron chi connectivity index (χ0n) is 12.0. The predicted octanol–water partition coefficient (Wildman–Crippen LogP) is 2.56. The molecule has 3 nitrogen and oxygen atoms in total. The molecule has 0 bridgehead atoms. The lowest BCUT2D eigenvalue weighted by Crippen LogP contribution is -2.41. The quantitative estimate of drug-likeness (QED) is 0.819. The number of carbonyl (C=O) groups is 1. The highest BCUT2D eigenvalue weighted by Gasteiger charge is 2.26. The standard InChI is InChI=1S/C15H28N2O/c1-15(2)7-5-10-17(11-8-15)14(18)12-13-6-3-4-9-16-13/h13,16H,3-12H2,1-2H3. The van der Waals surface area contributed by atoms with Gasteiger partial charge in [0, 0.05) is 25.6 Å². The van der Waals surface area contributed by atoms with Gasteiger partial charge in [0.1, 0.15) is 0 Å².